The van der Waals surface area contributed by atoms with Gasteiger partial charge in [-0.05, 0) is 37.6 Å². The molecule has 2 aliphatic heterocycles. The zero-order valence-electron chi connectivity index (χ0n) is 15.4. The van der Waals surface area contributed by atoms with Crippen LogP contribution in [0.5, 0.6) is 0 Å². The number of nitrogens with zero attached hydrogens (tertiary/aromatic N) is 2. The Kier molecular flexibility index (Phi) is 6.99. The lowest BCUT2D eigenvalue weighted by Crippen LogP contribution is -2.43. The van der Waals surface area contributed by atoms with Crippen molar-refractivity contribution in [2.45, 2.75) is 23.8 Å². The monoisotopic (exact) mass is 454 g/mol. The van der Waals surface area contributed by atoms with Gasteiger partial charge in [0.05, 0.1) is 34.6 Å². The van der Waals surface area contributed by atoms with Crippen LogP contribution in [0.1, 0.15) is 12.8 Å². The van der Waals surface area contributed by atoms with Crippen LogP contribution in [-0.4, -0.2) is 83.0 Å². The summed E-state index contributed by atoms with van der Waals surface area (Å²) in [7, 11) is -7.26. The number of morpholine rings is 1. The Balaban J connectivity index is 1.79. The molecule has 1 atom stereocenters. The zero-order chi connectivity index (χ0) is 20.4. The smallest absolute Gasteiger partial charge is 0.243 e. The van der Waals surface area contributed by atoms with Crippen LogP contribution in [0.2, 0.25) is 5.02 Å². The summed E-state index contributed by atoms with van der Waals surface area (Å²) in [5.41, 5.74) is 0. The summed E-state index contributed by atoms with van der Waals surface area (Å²) in [6, 6.07) is 2.62. The van der Waals surface area contributed by atoms with Gasteiger partial charge in [0.2, 0.25) is 10.0 Å². The van der Waals surface area contributed by atoms with Crippen LogP contribution in [0.15, 0.2) is 23.1 Å². The lowest BCUT2D eigenvalue weighted by molar-refractivity contribution is 0.0367. The van der Waals surface area contributed by atoms with E-state index in [-0.39, 0.29) is 34.4 Å². The topological polar surface area (TPSA) is 84.0 Å². The molecule has 1 aromatic rings. The molecule has 0 N–H and O–H groups in total. The maximum Gasteiger partial charge on any atom is 0.243 e. The third kappa shape index (κ3) is 5.22. The Bertz CT molecular complexity index is 904. The fourth-order valence-electron chi connectivity index (χ4n) is 3.55. The Morgan fingerprint density at radius 1 is 1.29 bits per heavy atom. The molecule has 11 heteroatoms. The fourth-order valence-corrected chi connectivity index (χ4v) is 7.34. The highest BCUT2D eigenvalue weighted by Gasteiger charge is 2.38. The predicted molar refractivity (Wildman–Crippen MR) is 104 cm³/mol. The Labute approximate surface area is 170 Å². The van der Waals surface area contributed by atoms with Crippen molar-refractivity contribution in [3.63, 3.8) is 0 Å². The largest absolute Gasteiger partial charge is 0.379 e. The Morgan fingerprint density at radius 3 is 2.61 bits per heavy atom. The van der Waals surface area contributed by atoms with Gasteiger partial charge < -0.3 is 4.74 Å². The van der Waals surface area contributed by atoms with Crippen LogP contribution in [-0.2, 0) is 24.6 Å². The number of halogens is 2. The van der Waals surface area contributed by atoms with E-state index in [2.05, 4.69) is 4.90 Å². The fraction of sp³-hybridized carbons (Fsp3) is 0.647. The van der Waals surface area contributed by atoms with E-state index in [1.807, 2.05) is 0 Å². The molecule has 28 heavy (non-hydrogen) atoms. The molecule has 2 fully saturated rings. The molecule has 0 saturated carbocycles. The summed E-state index contributed by atoms with van der Waals surface area (Å²) in [5.74, 6) is -0.932. The van der Waals surface area contributed by atoms with Gasteiger partial charge in [-0.2, -0.15) is 4.31 Å². The molecular weight excluding hydrogens is 431 g/mol. The van der Waals surface area contributed by atoms with Gasteiger partial charge in [-0.1, -0.05) is 11.6 Å². The van der Waals surface area contributed by atoms with Crippen molar-refractivity contribution in [1.82, 2.24) is 9.21 Å². The third-order valence-corrected chi connectivity index (χ3v) is 9.06. The van der Waals surface area contributed by atoms with E-state index < -0.39 is 31.7 Å². The van der Waals surface area contributed by atoms with Gasteiger partial charge in [0.25, 0.3) is 0 Å². The first-order chi connectivity index (χ1) is 13.2. The molecule has 0 radical (unpaired) electrons. The van der Waals surface area contributed by atoms with Crippen molar-refractivity contribution in [1.29, 1.82) is 0 Å². The molecule has 158 valence electrons. The number of ether oxygens (including phenoxy) is 1. The van der Waals surface area contributed by atoms with Crippen molar-refractivity contribution in [3.8, 4) is 0 Å². The molecule has 2 heterocycles. The molecule has 1 aromatic carbocycles. The van der Waals surface area contributed by atoms with Crippen molar-refractivity contribution in [2.24, 2.45) is 0 Å². The highest BCUT2D eigenvalue weighted by molar-refractivity contribution is 7.92. The van der Waals surface area contributed by atoms with Crippen LogP contribution in [0.25, 0.3) is 0 Å². The minimum absolute atomic E-state index is 0.0304. The number of sulfonamides is 1. The minimum Gasteiger partial charge on any atom is -0.379 e. The molecule has 0 aliphatic carbocycles. The van der Waals surface area contributed by atoms with E-state index in [4.69, 9.17) is 16.3 Å². The van der Waals surface area contributed by atoms with Crippen molar-refractivity contribution < 1.29 is 26.0 Å². The number of hydrogen-bond donors (Lipinski definition) is 0. The Morgan fingerprint density at radius 2 is 2.00 bits per heavy atom. The SMILES string of the molecule is O=S1(=O)CCC(N(CCCN2CCOCC2)S(=O)(=O)c2ccc(F)c(Cl)c2)C1. The summed E-state index contributed by atoms with van der Waals surface area (Å²) >= 11 is 5.76. The van der Waals surface area contributed by atoms with Crippen molar-refractivity contribution in [2.75, 3.05) is 50.9 Å². The number of sulfone groups is 1. The second-order valence-corrected chi connectivity index (χ2v) is 11.6. The molecular formula is C17H24ClFN2O5S2. The van der Waals surface area contributed by atoms with Gasteiger partial charge in [-0.25, -0.2) is 21.2 Å². The molecule has 0 aromatic heterocycles. The van der Waals surface area contributed by atoms with Gasteiger partial charge in [-0.15, -0.1) is 0 Å². The molecule has 0 bridgehead atoms. The summed E-state index contributed by atoms with van der Waals surface area (Å²) in [6.07, 6.45) is 0.818. The van der Waals surface area contributed by atoms with E-state index >= 15 is 0 Å². The van der Waals surface area contributed by atoms with Crippen LogP contribution in [0, 0.1) is 5.82 Å². The number of hydrogen-bond acceptors (Lipinski definition) is 6. The van der Waals surface area contributed by atoms with E-state index in [0.717, 1.165) is 31.3 Å². The van der Waals surface area contributed by atoms with Crippen LogP contribution >= 0.6 is 11.6 Å². The van der Waals surface area contributed by atoms with Gasteiger partial charge in [0.1, 0.15) is 5.82 Å². The van der Waals surface area contributed by atoms with Crippen LogP contribution < -0.4 is 0 Å². The van der Waals surface area contributed by atoms with Crippen LogP contribution in [0.4, 0.5) is 4.39 Å². The second kappa shape index (κ2) is 8.93. The average molecular weight is 455 g/mol. The summed E-state index contributed by atoms with van der Waals surface area (Å²) in [6.45, 7) is 3.76. The maximum absolute atomic E-state index is 13.5. The standard InChI is InChI=1S/C17H24ClFN2O5S2/c18-16-12-15(2-3-17(16)19)28(24,25)21(14-4-11-27(22,23)13-14)6-1-5-20-7-9-26-10-8-20/h2-3,12,14H,1,4-11,13H2. The van der Waals surface area contributed by atoms with Gasteiger partial charge in [0, 0.05) is 25.7 Å². The van der Waals surface area contributed by atoms with Gasteiger partial charge >= 0.3 is 0 Å². The van der Waals surface area contributed by atoms with E-state index in [1.54, 1.807) is 0 Å². The highest BCUT2D eigenvalue weighted by Crippen LogP contribution is 2.27. The first-order valence-electron chi connectivity index (χ1n) is 9.16. The second-order valence-electron chi connectivity index (χ2n) is 7.06. The van der Waals surface area contributed by atoms with E-state index in [9.17, 15) is 21.2 Å². The lowest BCUT2D eigenvalue weighted by Gasteiger charge is -2.30. The molecule has 1 unspecified atom stereocenters. The van der Waals surface area contributed by atoms with Crippen LogP contribution in [0.3, 0.4) is 0 Å². The number of rotatable bonds is 7. The lowest BCUT2D eigenvalue weighted by atomic mass is 10.2. The summed E-state index contributed by atoms with van der Waals surface area (Å²) in [5, 5.41) is -0.284. The average Bonchev–Trinajstić information content (AvgIpc) is 3.01. The maximum atomic E-state index is 13.5. The first-order valence-corrected chi connectivity index (χ1v) is 12.8. The summed E-state index contributed by atoms with van der Waals surface area (Å²) in [4.78, 5) is 2.06. The highest BCUT2D eigenvalue weighted by atomic mass is 35.5. The molecule has 0 amide bonds. The third-order valence-electron chi connectivity index (χ3n) is 5.07. The van der Waals surface area contributed by atoms with Gasteiger partial charge in [0.15, 0.2) is 9.84 Å². The quantitative estimate of drug-likeness (QED) is 0.619. The number of benzene rings is 1. The normalized spacial score (nSPS) is 23.3. The molecule has 3 rings (SSSR count). The van der Waals surface area contributed by atoms with E-state index in [0.29, 0.717) is 26.2 Å². The molecule has 2 saturated heterocycles. The summed E-state index contributed by atoms with van der Waals surface area (Å²) < 4.78 is 70.2. The molecule has 7 nitrogen and oxygen atoms in total. The molecule has 2 aliphatic rings. The first kappa shape index (κ1) is 21.9. The van der Waals surface area contributed by atoms with E-state index in [1.165, 1.54) is 4.31 Å². The van der Waals surface area contributed by atoms with Crippen molar-refractivity contribution in [3.05, 3.63) is 29.0 Å². The minimum atomic E-state index is -4.00. The zero-order valence-corrected chi connectivity index (χ0v) is 17.8. The Hall–Kier alpha value is -0.780. The predicted octanol–water partition coefficient (Wildman–Crippen LogP) is 1.38. The molecule has 0 spiro atoms. The van der Waals surface area contributed by atoms with Gasteiger partial charge in [-0.3, -0.25) is 4.90 Å². The van der Waals surface area contributed by atoms with Crippen molar-refractivity contribution >= 4 is 31.5 Å².